The molecule has 0 aromatic heterocycles. The summed E-state index contributed by atoms with van der Waals surface area (Å²) < 4.78 is 32.2. The summed E-state index contributed by atoms with van der Waals surface area (Å²) >= 11 is 0. The maximum atomic E-state index is 15.4. The molecule has 2 rings (SSSR count). The van der Waals surface area contributed by atoms with Crippen molar-refractivity contribution in [1.82, 2.24) is 85.1 Å². The maximum Gasteiger partial charge on any atom is 0.407 e. The van der Waals surface area contributed by atoms with E-state index in [1.807, 2.05) is 6.92 Å². The Morgan fingerprint density at radius 2 is 0.868 bits per heavy atom. The highest BCUT2D eigenvalue weighted by molar-refractivity contribution is 6.00. The Bertz CT molecular complexity index is 3640. The van der Waals surface area contributed by atoms with Crippen LogP contribution in [0.1, 0.15) is 215 Å². The molecule has 18 N–H and O–H groups in total. The van der Waals surface area contributed by atoms with Crippen LogP contribution in [0.4, 0.5) is 24.0 Å². The minimum Gasteiger partial charge on any atom is -0.463 e. The first-order chi connectivity index (χ1) is 55.9. The van der Waals surface area contributed by atoms with Gasteiger partial charge in [0.25, 0.3) is 0 Å². The van der Waals surface area contributed by atoms with E-state index < -0.39 is 285 Å². The van der Waals surface area contributed by atoms with Gasteiger partial charge in [0.2, 0.25) is 65.0 Å². The van der Waals surface area contributed by atoms with Gasteiger partial charge in [-0.3, -0.25) is 57.5 Å². The SMILES string of the molecule is CCCC(C)OC(=O)CCC(=O)N[C@@H](CCNC(=O)OC(C)(C)C)C(=O)N[C@H](C(=O)N[C@@H](CNC(=O)OC(C)(C)C)C(=O)N[C@H]1CCNC(=O)[C@H]([C@H](C)O)NC(=O)[C@H](CCNC(=O)OC(C)(C)C)NC(=O)[C@H](CCNC(=O)OC(C)(C)C)NC(=O)[C@H](CC(C)C)NC(=O)[C@@H](Cc2ccccc2)NC(=O)[C@H](CCNC(=O)OC(C)(C)C)NC1=O)C(C)O. The summed E-state index contributed by atoms with van der Waals surface area (Å²) in [6, 6.07) is -10.0. The van der Waals surface area contributed by atoms with Crippen molar-refractivity contribution in [2.45, 2.75) is 323 Å². The fourth-order valence-corrected chi connectivity index (χ4v) is 11.2. The zero-order valence-electron chi connectivity index (χ0n) is 73.8. The molecule has 1 aliphatic rings. The average Bonchev–Trinajstić information content (AvgIpc) is 1.28. The zero-order valence-corrected chi connectivity index (χ0v) is 73.8. The molecule has 121 heavy (non-hydrogen) atoms. The van der Waals surface area contributed by atoms with Gasteiger partial charge < -0.3 is 124 Å². The molecule has 684 valence electrons. The van der Waals surface area contributed by atoms with Crippen molar-refractivity contribution in [3.63, 3.8) is 0 Å². The summed E-state index contributed by atoms with van der Waals surface area (Å²) in [4.78, 5) is 241. The molecule has 2 unspecified atom stereocenters. The minimum absolute atomic E-state index is 0.138. The highest BCUT2D eigenvalue weighted by atomic mass is 16.6. The predicted octanol–water partition coefficient (Wildman–Crippen LogP) is 1.10. The van der Waals surface area contributed by atoms with E-state index in [-0.39, 0.29) is 25.9 Å². The smallest absolute Gasteiger partial charge is 0.407 e. The largest absolute Gasteiger partial charge is 0.463 e. The average molecular weight is 1720 g/mol. The molecule has 1 heterocycles. The number of aliphatic hydroxyl groups is 2. The number of carbonyl (C=O) groups is 17. The number of amides is 16. The summed E-state index contributed by atoms with van der Waals surface area (Å²) in [5, 5.41) is 62.3. The van der Waals surface area contributed by atoms with Gasteiger partial charge in [-0.25, -0.2) is 24.0 Å². The molecule has 41 nitrogen and oxygen atoms in total. The molecule has 1 aromatic rings. The van der Waals surface area contributed by atoms with Gasteiger partial charge in [-0.1, -0.05) is 57.5 Å². The number of carbonyl (C=O) groups excluding carboxylic acids is 17. The van der Waals surface area contributed by atoms with E-state index in [1.54, 1.807) is 134 Å². The zero-order chi connectivity index (χ0) is 92.1. The molecule has 1 saturated heterocycles. The molecular weight excluding hydrogens is 1580 g/mol. The van der Waals surface area contributed by atoms with E-state index in [2.05, 4.69) is 85.1 Å². The quantitative estimate of drug-likeness (QED) is 0.0346. The Kier molecular flexibility index (Phi) is 44.2. The van der Waals surface area contributed by atoms with Crippen LogP contribution >= 0.6 is 0 Å². The molecule has 1 aliphatic heterocycles. The first-order valence-electron chi connectivity index (χ1n) is 40.7. The van der Waals surface area contributed by atoms with Gasteiger partial charge in [-0.2, -0.15) is 0 Å². The lowest BCUT2D eigenvalue weighted by atomic mass is 10.00. The van der Waals surface area contributed by atoms with E-state index in [9.17, 15) is 72.5 Å². The lowest BCUT2D eigenvalue weighted by Gasteiger charge is -2.29. The van der Waals surface area contributed by atoms with Crippen molar-refractivity contribution in [3.05, 3.63) is 35.9 Å². The normalized spacial score (nSPS) is 19.8. The lowest BCUT2D eigenvalue weighted by molar-refractivity contribution is -0.149. The van der Waals surface area contributed by atoms with Crippen LogP contribution < -0.4 is 85.1 Å². The van der Waals surface area contributed by atoms with Crippen LogP contribution in [0.5, 0.6) is 0 Å². The van der Waals surface area contributed by atoms with Crippen molar-refractivity contribution in [1.29, 1.82) is 0 Å². The number of rotatable bonds is 33. The van der Waals surface area contributed by atoms with Crippen LogP contribution in [-0.2, 0) is 92.4 Å². The molecule has 0 aliphatic carbocycles. The van der Waals surface area contributed by atoms with Crippen molar-refractivity contribution in [3.8, 4) is 0 Å². The number of ether oxygens (including phenoxy) is 6. The number of alkyl carbamates (subject to hydrolysis) is 5. The summed E-state index contributed by atoms with van der Waals surface area (Å²) in [6.07, 6.45) is -11.7. The summed E-state index contributed by atoms with van der Waals surface area (Å²) in [7, 11) is 0. The standard InChI is InChI=1S/C80H134N16O25/c1-22-26-45(4)116-58(100)30-29-57(99)87-49(32-37-82-71(111)117-76(7,8)9)64(104)96-60(47(6)98)70(110)94-56(43-86-75(115)121-80(19,20)21)68(108)91-50-31-36-81-69(109)59(46(5)97)95-65(105)53(35-40-85-74(114)120-79(16,17)18)89-62(102)51(33-38-83-72(112)118-77(10,11)12)90-66(106)54(41-44(2)3)92-67(107)55(42-48-27-24-23-25-28-48)93-63(103)52(88-61(50)101)34-39-84-73(113)119-78(13,14)15/h23-25,27-28,44-47,49-56,59-60,97-98H,22,26,29-43H2,1-21H3,(H,81,109)(H,82,111)(H,83,112)(H,84,113)(H,85,114)(H,86,115)(H,87,99)(H,88,101)(H,89,102)(H,90,106)(H,91,108)(H,92,107)(H,93,103)(H,94,110)(H,95,105)(H,96,104)/t45?,46-,47?,49-,50-,51-,52-,53-,54-,55+,56-,59-,60-/m0/s1. The molecular formula is C80H134N16O25. The molecule has 0 saturated carbocycles. The van der Waals surface area contributed by atoms with E-state index in [0.29, 0.717) is 18.4 Å². The summed E-state index contributed by atoms with van der Waals surface area (Å²) in [5.74, 6) is -13.7. The molecule has 0 bridgehead atoms. The Balaban J connectivity index is 3.11. The Morgan fingerprint density at radius 3 is 1.31 bits per heavy atom. The highest BCUT2D eigenvalue weighted by Crippen LogP contribution is 2.16. The minimum atomic E-state index is -2.07. The molecule has 0 radical (unpaired) electrons. The summed E-state index contributed by atoms with van der Waals surface area (Å²) in [6.45, 7) is 29.5. The van der Waals surface area contributed by atoms with Crippen molar-refractivity contribution >= 4 is 101 Å². The van der Waals surface area contributed by atoms with E-state index in [1.165, 1.54) is 20.8 Å². The number of hydrogen-bond acceptors (Lipinski definition) is 25. The Labute approximate surface area is 707 Å². The van der Waals surface area contributed by atoms with E-state index >= 15 is 19.2 Å². The molecule has 16 amide bonds. The van der Waals surface area contributed by atoms with E-state index in [4.69, 9.17) is 28.4 Å². The van der Waals surface area contributed by atoms with Crippen LogP contribution in [0.25, 0.3) is 0 Å². The van der Waals surface area contributed by atoms with Crippen LogP contribution in [0.2, 0.25) is 0 Å². The topological polar surface area (TPSA) is 579 Å². The Morgan fingerprint density at radius 1 is 0.455 bits per heavy atom. The second kappa shape index (κ2) is 50.4. The van der Waals surface area contributed by atoms with Gasteiger partial charge in [0, 0.05) is 45.6 Å². The number of nitrogens with one attached hydrogen (secondary N) is 16. The molecule has 1 fully saturated rings. The maximum absolute atomic E-state index is 15.4. The van der Waals surface area contributed by atoms with Gasteiger partial charge in [0.1, 0.15) is 88.4 Å². The number of benzene rings is 1. The number of esters is 1. The molecule has 0 spiro atoms. The van der Waals surface area contributed by atoms with Gasteiger partial charge in [0.15, 0.2) is 0 Å². The Hall–Kier alpha value is -10.9. The van der Waals surface area contributed by atoms with Crippen molar-refractivity contribution in [2.24, 2.45) is 5.92 Å². The summed E-state index contributed by atoms with van der Waals surface area (Å²) in [5.41, 5.74) is -4.72. The van der Waals surface area contributed by atoms with Crippen LogP contribution in [0.3, 0.4) is 0 Å². The molecule has 41 heteroatoms. The van der Waals surface area contributed by atoms with Crippen molar-refractivity contribution in [2.75, 3.05) is 39.3 Å². The van der Waals surface area contributed by atoms with Gasteiger partial charge in [-0.15, -0.1) is 0 Å². The third kappa shape index (κ3) is 45.9. The van der Waals surface area contributed by atoms with Crippen LogP contribution in [-0.4, -0.2) is 258 Å². The number of hydrogen-bond donors (Lipinski definition) is 18. The van der Waals surface area contributed by atoms with E-state index in [0.717, 1.165) is 13.8 Å². The highest BCUT2D eigenvalue weighted by Gasteiger charge is 2.40. The molecule has 1 aromatic carbocycles. The second-order valence-corrected chi connectivity index (χ2v) is 34.7. The second-order valence-electron chi connectivity index (χ2n) is 34.7. The predicted molar refractivity (Wildman–Crippen MR) is 439 cm³/mol. The fourth-order valence-electron chi connectivity index (χ4n) is 11.2. The van der Waals surface area contributed by atoms with Crippen LogP contribution in [0.15, 0.2) is 30.3 Å². The van der Waals surface area contributed by atoms with Gasteiger partial charge >= 0.3 is 36.4 Å². The number of aliphatic hydroxyl groups excluding tert-OH is 2. The monoisotopic (exact) mass is 1720 g/mol. The third-order valence-corrected chi connectivity index (χ3v) is 16.8. The van der Waals surface area contributed by atoms with Crippen LogP contribution in [0, 0.1) is 5.92 Å². The molecule has 13 atom stereocenters. The lowest BCUT2D eigenvalue weighted by Crippen LogP contribution is -2.63. The van der Waals surface area contributed by atoms with Gasteiger partial charge in [0.05, 0.1) is 31.3 Å². The fraction of sp³-hybridized carbons (Fsp3) is 0.713. The first kappa shape index (κ1) is 106. The van der Waals surface area contributed by atoms with Crippen molar-refractivity contribution < 1.29 is 120 Å². The first-order valence-corrected chi connectivity index (χ1v) is 40.7. The van der Waals surface area contributed by atoms with Gasteiger partial charge in [-0.05, 0) is 181 Å². The third-order valence-electron chi connectivity index (χ3n) is 16.8.